The van der Waals surface area contributed by atoms with E-state index in [1.165, 1.54) is 11.1 Å². The minimum Gasteiger partial charge on any atom is -0.492 e. The smallest absolute Gasteiger partial charge is 0.119 e. The first-order valence-corrected chi connectivity index (χ1v) is 8.69. The molecule has 0 radical (unpaired) electrons. The minimum atomic E-state index is 0.173. The summed E-state index contributed by atoms with van der Waals surface area (Å²) in [5.74, 6) is 0.926. The first-order chi connectivity index (χ1) is 11.5. The van der Waals surface area contributed by atoms with Gasteiger partial charge in [0.05, 0.1) is 0 Å². The second kappa shape index (κ2) is 8.86. The second-order valence-corrected chi connectivity index (χ2v) is 7.17. The van der Waals surface area contributed by atoms with Crippen LogP contribution in [0.25, 0.3) is 0 Å². The van der Waals surface area contributed by atoms with Crippen LogP contribution in [0.2, 0.25) is 0 Å². The fourth-order valence-electron chi connectivity index (χ4n) is 2.64. The van der Waals surface area contributed by atoms with Crippen molar-refractivity contribution >= 4 is 0 Å². The van der Waals surface area contributed by atoms with Crippen LogP contribution in [0, 0.1) is 0 Å². The van der Waals surface area contributed by atoms with Crippen molar-refractivity contribution in [3.8, 4) is 5.75 Å². The van der Waals surface area contributed by atoms with E-state index >= 15 is 0 Å². The van der Waals surface area contributed by atoms with Crippen molar-refractivity contribution in [1.82, 2.24) is 4.90 Å². The van der Waals surface area contributed by atoms with E-state index in [9.17, 15) is 0 Å². The Kier molecular flexibility index (Phi) is 6.83. The van der Waals surface area contributed by atoms with Crippen LogP contribution in [0.5, 0.6) is 5.75 Å². The van der Waals surface area contributed by atoms with Crippen molar-refractivity contribution < 1.29 is 4.74 Å². The molecule has 0 aliphatic rings. The minimum absolute atomic E-state index is 0.173. The molecule has 0 amide bonds. The molecule has 3 heteroatoms. The van der Waals surface area contributed by atoms with Crippen molar-refractivity contribution in [1.29, 1.82) is 0 Å². The summed E-state index contributed by atoms with van der Waals surface area (Å²) in [5.41, 5.74) is 8.54. The van der Waals surface area contributed by atoms with Gasteiger partial charge in [0, 0.05) is 26.2 Å². The van der Waals surface area contributed by atoms with Crippen LogP contribution in [0.1, 0.15) is 31.9 Å². The molecular weight excluding hydrogens is 296 g/mol. The van der Waals surface area contributed by atoms with Gasteiger partial charge in [0.1, 0.15) is 12.4 Å². The second-order valence-electron chi connectivity index (χ2n) is 7.17. The van der Waals surface area contributed by atoms with E-state index in [2.05, 4.69) is 74.2 Å². The van der Waals surface area contributed by atoms with Gasteiger partial charge in [-0.25, -0.2) is 0 Å². The molecule has 24 heavy (non-hydrogen) atoms. The SMILES string of the molecule is CC(C)(C)c1ccc(OCCN(CCN)Cc2ccccc2)cc1. The summed E-state index contributed by atoms with van der Waals surface area (Å²) in [6.45, 7) is 10.6. The normalized spacial score (nSPS) is 11.7. The van der Waals surface area contributed by atoms with Crippen LogP contribution in [0.15, 0.2) is 54.6 Å². The Hall–Kier alpha value is -1.84. The van der Waals surface area contributed by atoms with E-state index in [4.69, 9.17) is 10.5 Å². The molecule has 0 aromatic heterocycles. The molecule has 0 aliphatic carbocycles. The Morgan fingerprint density at radius 3 is 2.17 bits per heavy atom. The maximum absolute atomic E-state index is 5.91. The third-order valence-electron chi connectivity index (χ3n) is 4.09. The van der Waals surface area contributed by atoms with Gasteiger partial charge in [0.2, 0.25) is 0 Å². The lowest BCUT2D eigenvalue weighted by Gasteiger charge is -2.22. The maximum atomic E-state index is 5.91. The molecule has 0 saturated heterocycles. The number of ether oxygens (including phenoxy) is 1. The van der Waals surface area contributed by atoms with Gasteiger partial charge in [-0.2, -0.15) is 0 Å². The predicted octanol–water partition coefficient (Wildman–Crippen LogP) is 3.82. The van der Waals surface area contributed by atoms with E-state index in [1.54, 1.807) is 0 Å². The van der Waals surface area contributed by atoms with Crippen molar-refractivity contribution in [3.63, 3.8) is 0 Å². The molecule has 0 fully saturated rings. The zero-order valence-electron chi connectivity index (χ0n) is 15.2. The van der Waals surface area contributed by atoms with Crippen LogP contribution in [-0.2, 0) is 12.0 Å². The third kappa shape index (κ3) is 5.99. The van der Waals surface area contributed by atoms with Crippen molar-refractivity contribution in [2.75, 3.05) is 26.2 Å². The van der Waals surface area contributed by atoms with E-state index in [1.807, 2.05) is 6.07 Å². The molecule has 0 atom stereocenters. The lowest BCUT2D eigenvalue weighted by Crippen LogP contribution is -2.32. The fourth-order valence-corrected chi connectivity index (χ4v) is 2.64. The fraction of sp³-hybridized carbons (Fsp3) is 0.429. The highest BCUT2D eigenvalue weighted by molar-refractivity contribution is 5.31. The van der Waals surface area contributed by atoms with E-state index in [-0.39, 0.29) is 5.41 Å². The molecule has 2 rings (SSSR count). The van der Waals surface area contributed by atoms with Gasteiger partial charge in [0.15, 0.2) is 0 Å². The number of hydrogen-bond donors (Lipinski definition) is 1. The molecule has 2 aromatic carbocycles. The van der Waals surface area contributed by atoms with Gasteiger partial charge in [-0.15, -0.1) is 0 Å². The van der Waals surface area contributed by atoms with Crippen molar-refractivity contribution in [3.05, 3.63) is 65.7 Å². The first-order valence-electron chi connectivity index (χ1n) is 8.69. The topological polar surface area (TPSA) is 38.5 Å². The zero-order valence-corrected chi connectivity index (χ0v) is 15.2. The van der Waals surface area contributed by atoms with Gasteiger partial charge >= 0.3 is 0 Å². The van der Waals surface area contributed by atoms with Crippen LogP contribution in [0.4, 0.5) is 0 Å². The predicted molar refractivity (Wildman–Crippen MR) is 101 cm³/mol. The Morgan fingerprint density at radius 1 is 0.917 bits per heavy atom. The van der Waals surface area contributed by atoms with Crippen molar-refractivity contribution in [2.45, 2.75) is 32.7 Å². The summed E-state index contributed by atoms with van der Waals surface area (Å²) >= 11 is 0. The Bertz CT molecular complexity index is 587. The quantitative estimate of drug-likeness (QED) is 0.801. The summed E-state index contributed by atoms with van der Waals surface area (Å²) in [5, 5.41) is 0. The van der Waals surface area contributed by atoms with Crippen LogP contribution >= 0.6 is 0 Å². The number of rotatable bonds is 8. The van der Waals surface area contributed by atoms with Crippen LogP contribution < -0.4 is 10.5 Å². The van der Waals surface area contributed by atoms with E-state index in [0.29, 0.717) is 13.2 Å². The highest BCUT2D eigenvalue weighted by Gasteiger charge is 2.13. The van der Waals surface area contributed by atoms with Gasteiger partial charge in [-0.1, -0.05) is 63.2 Å². The molecule has 0 spiro atoms. The average Bonchev–Trinajstić information content (AvgIpc) is 2.55. The highest BCUT2D eigenvalue weighted by Crippen LogP contribution is 2.24. The molecule has 0 aliphatic heterocycles. The van der Waals surface area contributed by atoms with Gasteiger partial charge in [0.25, 0.3) is 0 Å². The first kappa shape index (κ1) is 18.5. The largest absolute Gasteiger partial charge is 0.492 e. The number of benzene rings is 2. The monoisotopic (exact) mass is 326 g/mol. The molecule has 0 heterocycles. The summed E-state index contributed by atoms with van der Waals surface area (Å²) in [6, 6.07) is 18.9. The van der Waals surface area contributed by atoms with Crippen molar-refractivity contribution in [2.24, 2.45) is 5.73 Å². The molecular formula is C21H30N2O. The van der Waals surface area contributed by atoms with Crippen LogP contribution in [0.3, 0.4) is 0 Å². The van der Waals surface area contributed by atoms with Crippen LogP contribution in [-0.4, -0.2) is 31.1 Å². The van der Waals surface area contributed by atoms with Gasteiger partial charge in [-0.3, -0.25) is 4.90 Å². The molecule has 2 N–H and O–H groups in total. The maximum Gasteiger partial charge on any atom is 0.119 e. The lowest BCUT2D eigenvalue weighted by molar-refractivity contribution is 0.206. The summed E-state index contributed by atoms with van der Waals surface area (Å²) in [7, 11) is 0. The molecule has 0 unspecified atom stereocenters. The standard InChI is InChI=1S/C21H30N2O/c1-21(2,3)19-9-11-20(12-10-19)24-16-15-23(14-13-22)17-18-7-5-4-6-8-18/h4-12H,13-17,22H2,1-3H3. The Labute approximate surface area is 146 Å². The Morgan fingerprint density at radius 2 is 1.58 bits per heavy atom. The molecule has 3 nitrogen and oxygen atoms in total. The van der Waals surface area contributed by atoms with E-state index < -0.39 is 0 Å². The zero-order chi connectivity index (χ0) is 17.4. The molecule has 130 valence electrons. The summed E-state index contributed by atoms with van der Waals surface area (Å²) in [4.78, 5) is 2.33. The molecule has 2 aromatic rings. The third-order valence-corrected chi connectivity index (χ3v) is 4.09. The highest BCUT2D eigenvalue weighted by atomic mass is 16.5. The number of hydrogen-bond acceptors (Lipinski definition) is 3. The molecule has 0 saturated carbocycles. The lowest BCUT2D eigenvalue weighted by atomic mass is 9.87. The Balaban J connectivity index is 1.84. The van der Waals surface area contributed by atoms with Gasteiger partial charge < -0.3 is 10.5 Å². The summed E-state index contributed by atoms with van der Waals surface area (Å²) < 4.78 is 5.91. The average molecular weight is 326 g/mol. The molecule has 0 bridgehead atoms. The number of nitrogens with two attached hydrogens (primary N) is 1. The van der Waals surface area contributed by atoms with E-state index in [0.717, 1.165) is 25.4 Å². The summed E-state index contributed by atoms with van der Waals surface area (Å²) in [6.07, 6.45) is 0. The number of nitrogens with zero attached hydrogens (tertiary/aromatic N) is 1. The van der Waals surface area contributed by atoms with Gasteiger partial charge in [-0.05, 0) is 28.7 Å².